The Morgan fingerprint density at radius 1 is 1.43 bits per heavy atom. The average Bonchev–Trinajstić information content (AvgIpc) is 2.92. The molecule has 124 valence electrons. The first-order valence-electron chi connectivity index (χ1n) is 8.13. The van der Waals surface area contributed by atoms with Crippen LogP contribution < -0.4 is 5.32 Å². The number of nitrogens with one attached hydrogen (secondary N) is 1. The summed E-state index contributed by atoms with van der Waals surface area (Å²) in [4.78, 5) is 18.3. The standard InChI is InChI=1S/C17H23N3O2S/c1-20(11-12-9-13(21)10-12)17(22)18-8-4-7-16-19-14-5-2-3-6-15(14)23-16/h2-3,5-6,12-13,21H,4,7-11H2,1H3,(H,18,22). The summed E-state index contributed by atoms with van der Waals surface area (Å²) in [6.07, 6.45) is 3.25. The zero-order valence-corrected chi connectivity index (χ0v) is 14.2. The van der Waals surface area contributed by atoms with E-state index in [1.807, 2.05) is 25.2 Å². The van der Waals surface area contributed by atoms with Gasteiger partial charge in [-0.05, 0) is 37.3 Å². The maximum atomic E-state index is 12.0. The summed E-state index contributed by atoms with van der Waals surface area (Å²) in [7, 11) is 1.81. The molecule has 0 spiro atoms. The minimum atomic E-state index is -0.162. The van der Waals surface area contributed by atoms with Crippen molar-refractivity contribution in [3.63, 3.8) is 0 Å². The number of hydrogen-bond acceptors (Lipinski definition) is 4. The molecule has 1 heterocycles. The Hall–Kier alpha value is -1.66. The van der Waals surface area contributed by atoms with Crippen LogP contribution in [0.25, 0.3) is 10.2 Å². The van der Waals surface area contributed by atoms with Gasteiger partial charge in [0.2, 0.25) is 0 Å². The molecule has 6 heteroatoms. The molecule has 3 rings (SSSR count). The lowest BCUT2D eigenvalue weighted by Crippen LogP contribution is -2.44. The van der Waals surface area contributed by atoms with E-state index in [1.165, 1.54) is 4.70 Å². The highest BCUT2D eigenvalue weighted by atomic mass is 32.1. The summed E-state index contributed by atoms with van der Waals surface area (Å²) in [6, 6.07) is 8.12. The summed E-state index contributed by atoms with van der Waals surface area (Å²) in [5, 5.41) is 13.4. The number of benzene rings is 1. The van der Waals surface area contributed by atoms with Gasteiger partial charge in [-0.15, -0.1) is 11.3 Å². The van der Waals surface area contributed by atoms with E-state index in [0.29, 0.717) is 12.5 Å². The maximum Gasteiger partial charge on any atom is 0.317 e. The number of urea groups is 1. The van der Waals surface area contributed by atoms with Gasteiger partial charge in [0, 0.05) is 26.6 Å². The Morgan fingerprint density at radius 2 is 2.22 bits per heavy atom. The van der Waals surface area contributed by atoms with E-state index in [4.69, 9.17) is 0 Å². The molecule has 2 N–H and O–H groups in total. The Morgan fingerprint density at radius 3 is 2.96 bits per heavy atom. The van der Waals surface area contributed by atoms with Crippen LogP contribution in [0.15, 0.2) is 24.3 Å². The first kappa shape index (κ1) is 16.2. The maximum absolute atomic E-state index is 12.0. The van der Waals surface area contributed by atoms with Crippen LogP contribution in [0.1, 0.15) is 24.3 Å². The van der Waals surface area contributed by atoms with Gasteiger partial charge < -0.3 is 15.3 Å². The van der Waals surface area contributed by atoms with Gasteiger partial charge in [0.15, 0.2) is 0 Å². The molecule has 2 aromatic rings. The fourth-order valence-electron chi connectivity index (χ4n) is 2.92. The second-order valence-corrected chi connectivity index (χ2v) is 7.40. The molecule has 1 aromatic heterocycles. The Labute approximate surface area is 140 Å². The van der Waals surface area contributed by atoms with Crippen molar-refractivity contribution in [1.29, 1.82) is 0 Å². The molecule has 0 saturated heterocycles. The van der Waals surface area contributed by atoms with Crippen molar-refractivity contribution in [3.8, 4) is 0 Å². The Balaban J connectivity index is 1.36. The van der Waals surface area contributed by atoms with Crippen LogP contribution in [0.3, 0.4) is 0 Å². The highest BCUT2D eigenvalue weighted by molar-refractivity contribution is 7.18. The van der Waals surface area contributed by atoms with E-state index in [1.54, 1.807) is 16.2 Å². The number of carbonyl (C=O) groups excluding carboxylic acids is 1. The minimum absolute atomic E-state index is 0.0318. The van der Waals surface area contributed by atoms with Crippen LogP contribution in [0.4, 0.5) is 4.79 Å². The summed E-state index contributed by atoms with van der Waals surface area (Å²) in [5.41, 5.74) is 1.05. The van der Waals surface area contributed by atoms with Gasteiger partial charge >= 0.3 is 6.03 Å². The molecule has 1 fully saturated rings. The van der Waals surface area contributed by atoms with Crippen molar-refractivity contribution >= 4 is 27.6 Å². The molecule has 2 amide bonds. The van der Waals surface area contributed by atoms with Gasteiger partial charge in [0.1, 0.15) is 0 Å². The van der Waals surface area contributed by atoms with E-state index < -0.39 is 0 Å². The number of aromatic nitrogens is 1. The van der Waals surface area contributed by atoms with Crippen LogP contribution in [-0.4, -0.2) is 47.3 Å². The topological polar surface area (TPSA) is 65.5 Å². The van der Waals surface area contributed by atoms with Crippen molar-refractivity contribution in [2.75, 3.05) is 20.1 Å². The number of rotatable bonds is 6. The summed E-state index contributed by atoms with van der Waals surface area (Å²) in [6.45, 7) is 1.38. The number of para-hydroxylation sites is 1. The van der Waals surface area contributed by atoms with Crippen LogP contribution in [-0.2, 0) is 6.42 Å². The first-order chi connectivity index (χ1) is 11.1. The largest absolute Gasteiger partial charge is 0.393 e. The van der Waals surface area contributed by atoms with E-state index in [2.05, 4.69) is 16.4 Å². The quantitative estimate of drug-likeness (QED) is 0.799. The number of aliphatic hydroxyl groups is 1. The monoisotopic (exact) mass is 333 g/mol. The number of carbonyl (C=O) groups is 1. The second-order valence-electron chi connectivity index (χ2n) is 6.28. The van der Waals surface area contributed by atoms with E-state index >= 15 is 0 Å². The predicted octanol–water partition coefficient (Wildman–Crippen LogP) is 2.64. The summed E-state index contributed by atoms with van der Waals surface area (Å²) in [5.74, 6) is 0.448. The third kappa shape index (κ3) is 4.20. The fraction of sp³-hybridized carbons (Fsp3) is 0.529. The molecule has 1 aromatic carbocycles. The lowest BCUT2D eigenvalue weighted by Gasteiger charge is -2.34. The highest BCUT2D eigenvalue weighted by Gasteiger charge is 2.28. The van der Waals surface area contributed by atoms with Crippen LogP contribution in [0.5, 0.6) is 0 Å². The molecule has 0 radical (unpaired) electrons. The SMILES string of the molecule is CN(CC1CC(O)C1)C(=O)NCCCc1nc2ccccc2s1. The number of fused-ring (bicyclic) bond motifs is 1. The molecule has 1 aliphatic carbocycles. The molecule has 1 aliphatic rings. The van der Waals surface area contributed by atoms with E-state index in [-0.39, 0.29) is 12.1 Å². The molecule has 0 bridgehead atoms. The van der Waals surface area contributed by atoms with Gasteiger partial charge in [0.05, 0.1) is 21.3 Å². The number of aliphatic hydroxyl groups excluding tert-OH is 1. The predicted molar refractivity (Wildman–Crippen MR) is 92.7 cm³/mol. The van der Waals surface area contributed by atoms with E-state index in [0.717, 1.165) is 42.8 Å². The second kappa shape index (κ2) is 7.27. The smallest absolute Gasteiger partial charge is 0.317 e. The minimum Gasteiger partial charge on any atom is -0.393 e. The molecule has 0 atom stereocenters. The third-order valence-electron chi connectivity index (χ3n) is 4.27. The molecule has 0 aliphatic heterocycles. The van der Waals surface area contributed by atoms with Gasteiger partial charge in [-0.2, -0.15) is 0 Å². The molecular formula is C17H23N3O2S. The van der Waals surface area contributed by atoms with Crippen molar-refractivity contribution in [2.45, 2.75) is 31.8 Å². The zero-order chi connectivity index (χ0) is 16.2. The third-order valence-corrected chi connectivity index (χ3v) is 5.37. The van der Waals surface area contributed by atoms with Gasteiger partial charge in [0.25, 0.3) is 0 Å². The molecule has 0 unspecified atom stereocenters. The van der Waals surface area contributed by atoms with Crippen LogP contribution in [0, 0.1) is 5.92 Å². The molecule has 1 saturated carbocycles. The van der Waals surface area contributed by atoms with Crippen molar-refractivity contribution in [2.24, 2.45) is 5.92 Å². The molecular weight excluding hydrogens is 310 g/mol. The first-order valence-corrected chi connectivity index (χ1v) is 8.95. The summed E-state index contributed by atoms with van der Waals surface area (Å²) >= 11 is 1.72. The Bertz CT molecular complexity index is 634. The number of amides is 2. The van der Waals surface area contributed by atoms with Gasteiger partial charge in [-0.3, -0.25) is 0 Å². The number of thiazole rings is 1. The van der Waals surface area contributed by atoms with Crippen molar-refractivity contribution in [3.05, 3.63) is 29.3 Å². The lowest BCUT2D eigenvalue weighted by atomic mass is 9.82. The average molecular weight is 333 g/mol. The van der Waals surface area contributed by atoms with Crippen LogP contribution in [0.2, 0.25) is 0 Å². The summed E-state index contributed by atoms with van der Waals surface area (Å²) < 4.78 is 1.22. The van der Waals surface area contributed by atoms with E-state index in [9.17, 15) is 9.90 Å². The fourth-order valence-corrected chi connectivity index (χ4v) is 3.93. The van der Waals surface area contributed by atoms with Crippen molar-refractivity contribution in [1.82, 2.24) is 15.2 Å². The highest BCUT2D eigenvalue weighted by Crippen LogP contribution is 2.27. The molecule has 5 nitrogen and oxygen atoms in total. The normalized spacial score (nSPS) is 20.3. The number of hydrogen-bond donors (Lipinski definition) is 2. The lowest BCUT2D eigenvalue weighted by molar-refractivity contribution is 0.0325. The number of aryl methyl sites for hydroxylation is 1. The Kier molecular flexibility index (Phi) is 5.13. The van der Waals surface area contributed by atoms with Gasteiger partial charge in [-0.25, -0.2) is 9.78 Å². The van der Waals surface area contributed by atoms with Gasteiger partial charge in [-0.1, -0.05) is 12.1 Å². The zero-order valence-electron chi connectivity index (χ0n) is 13.4. The van der Waals surface area contributed by atoms with Crippen molar-refractivity contribution < 1.29 is 9.90 Å². The van der Waals surface area contributed by atoms with Crippen LogP contribution >= 0.6 is 11.3 Å². The molecule has 23 heavy (non-hydrogen) atoms. The number of nitrogens with zero attached hydrogens (tertiary/aromatic N) is 2.